The van der Waals surface area contributed by atoms with E-state index in [1.807, 2.05) is 13.8 Å². The van der Waals surface area contributed by atoms with Crippen molar-refractivity contribution in [2.24, 2.45) is 5.73 Å². The monoisotopic (exact) mass is 228 g/mol. The second-order valence-electron chi connectivity index (χ2n) is 3.86. The lowest BCUT2D eigenvalue weighted by Gasteiger charge is -2.18. The smallest absolute Gasteiger partial charge is 0.239 e. The highest BCUT2D eigenvalue weighted by atomic mass is 19.1. The number of carbonyl (C=O) groups is 1. The van der Waals surface area contributed by atoms with Gasteiger partial charge in [-0.3, -0.25) is 10.1 Å². The van der Waals surface area contributed by atoms with E-state index < -0.39 is 23.6 Å². The van der Waals surface area contributed by atoms with Crippen molar-refractivity contribution < 1.29 is 13.6 Å². The van der Waals surface area contributed by atoms with Crippen LogP contribution < -0.4 is 11.1 Å². The molecule has 1 amide bonds. The van der Waals surface area contributed by atoms with Gasteiger partial charge in [0.2, 0.25) is 5.91 Å². The van der Waals surface area contributed by atoms with E-state index in [1.54, 1.807) is 0 Å². The molecular formula is C11H14F2N2O. The number of primary amides is 1. The quantitative estimate of drug-likeness (QED) is 0.820. The topological polar surface area (TPSA) is 55.1 Å². The highest BCUT2D eigenvalue weighted by molar-refractivity contribution is 5.81. The Balaban J connectivity index is 3.05. The van der Waals surface area contributed by atoms with Gasteiger partial charge in [0.05, 0.1) is 0 Å². The van der Waals surface area contributed by atoms with Gasteiger partial charge in [-0.05, 0) is 31.5 Å². The largest absolute Gasteiger partial charge is 0.368 e. The average molecular weight is 228 g/mol. The lowest BCUT2D eigenvalue weighted by atomic mass is 10.1. The first-order valence-corrected chi connectivity index (χ1v) is 4.91. The Morgan fingerprint density at radius 3 is 2.12 bits per heavy atom. The number of rotatable bonds is 4. The molecule has 0 aromatic heterocycles. The Morgan fingerprint density at radius 1 is 1.25 bits per heavy atom. The lowest BCUT2D eigenvalue weighted by Crippen LogP contribution is -2.37. The lowest BCUT2D eigenvalue weighted by molar-refractivity contribution is -0.120. The average Bonchev–Trinajstić information content (AvgIpc) is 2.11. The molecule has 0 radical (unpaired) electrons. The molecule has 3 N–H and O–H groups in total. The van der Waals surface area contributed by atoms with Gasteiger partial charge < -0.3 is 5.73 Å². The normalized spacial score (nSPS) is 12.8. The fourth-order valence-electron chi connectivity index (χ4n) is 1.42. The molecule has 1 aromatic rings. The molecule has 0 aliphatic rings. The molecule has 5 heteroatoms. The maximum absolute atomic E-state index is 13.0. The van der Waals surface area contributed by atoms with Crippen molar-refractivity contribution in [1.82, 2.24) is 5.32 Å². The van der Waals surface area contributed by atoms with E-state index in [0.717, 1.165) is 18.2 Å². The predicted molar refractivity (Wildman–Crippen MR) is 56.6 cm³/mol. The Bertz CT molecular complexity index is 373. The van der Waals surface area contributed by atoms with Gasteiger partial charge in [-0.2, -0.15) is 0 Å². The first-order chi connectivity index (χ1) is 7.40. The van der Waals surface area contributed by atoms with Crippen molar-refractivity contribution >= 4 is 5.91 Å². The summed E-state index contributed by atoms with van der Waals surface area (Å²) >= 11 is 0. The zero-order valence-electron chi connectivity index (χ0n) is 9.13. The van der Waals surface area contributed by atoms with Gasteiger partial charge >= 0.3 is 0 Å². The summed E-state index contributed by atoms with van der Waals surface area (Å²) in [7, 11) is 0. The molecule has 0 heterocycles. The Kier molecular flexibility index (Phi) is 3.95. The zero-order chi connectivity index (χ0) is 12.3. The van der Waals surface area contributed by atoms with Crippen LogP contribution in [0.4, 0.5) is 8.78 Å². The van der Waals surface area contributed by atoms with Crippen molar-refractivity contribution in [2.45, 2.75) is 25.9 Å². The van der Waals surface area contributed by atoms with E-state index in [4.69, 9.17) is 5.73 Å². The summed E-state index contributed by atoms with van der Waals surface area (Å²) in [5.74, 6) is -2.13. The summed E-state index contributed by atoms with van der Waals surface area (Å²) in [6.07, 6.45) is 0. The number of hydrogen-bond donors (Lipinski definition) is 2. The third kappa shape index (κ3) is 3.27. The van der Waals surface area contributed by atoms with Crippen LogP contribution in [0.15, 0.2) is 18.2 Å². The molecule has 16 heavy (non-hydrogen) atoms. The van der Waals surface area contributed by atoms with Crippen LogP contribution in [0.3, 0.4) is 0 Å². The molecule has 3 nitrogen and oxygen atoms in total. The summed E-state index contributed by atoms with van der Waals surface area (Å²) in [6, 6.07) is 2.02. The minimum Gasteiger partial charge on any atom is -0.368 e. The second kappa shape index (κ2) is 5.03. The molecule has 0 bridgehead atoms. The molecule has 0 aliphatic carbocycles. The first kappa shape index (κ1) is 12.6. The number of benzene rings is 1. The van der Waals surface area contributed by atoms with Crippen molar-refractivity contribution in [3.63, 3.8) is 0 Å². The fourth-order valence-corrected chi connectivity index (χ4v) is 1.42. The standard InChI is InChI=1S/C11H14F2N2O/c1-6(2)15-10(11(14)16)7-3-8(12)5-9(13)4-7/h3-6,10,15H,1-2H3,(H2,14,16). The molecule has 0 aliphatic heterocycles. The Labute approximate surface area is 92.6 Å². The molecule has 1 rings (SSSR count). The summed E-state index contributed by atoms with van der Waals surface area (Å²) in [5, 5.41) is 2.84. The summed E-state index contributed by atoms with van der Waals surface area (Å²) in [5.41, 5.74) is 5.36. The maximum atomic E-state index is 13.0. The molecule has 88 valence electrons. The SMILES string of the molecule is CC(C)NC(C(N)=O)c1cc(F)cc(F)c1. The van der Waals surface area contributed by atoms with E-state index >= 15 is 0 Å². The first-order valence-electron chi connectivity index (χ1n) is 4.91. The predicted octanol–water partition coefficient (Wildman–Crippen LogP) is 1.49. The number of nitrogens with two attached hydrogens (primary N) is 1. The van der Waals surface area contributed by atoms with Crippen molar-refractivity contribution in [2.75, 3.05) is 0 Å². The minimum atomic E-state index is -0.884. The summed E-state index contributed by atoms with van der Waals surface area (Å²) < 4.78 is 25.9. The molecule has 1 atom stereocenters. The summed E-state index contributed by atoms with van der Waals surface area (Å²) in [6.45, 7) is 3.62. The molecule has 0 fully saturated rings. The van der Waals surface area contributed by atoms with Crippen LogP contribution in [0.25, 0.3) is 0 Å². The van der Waals surface area contributed by atoms with Gasteiger partial charge in [0.15, 0.2) is 0 Å². The van der Waals surface area contributed by atoms with Crippen molar-refractivity contribution in [3.05, 3.63) is 35.4 Å². The highest BCUT2D eigenvalue weighted by Gasteiger charge is 2.19. The van der Waals surface area contributed by atoms with Crippen LogP contribution in [0, 0.1) is 11.6 Å². The second-order valence-corrected chi connectivity index (χ2v) is 3.86. The van der Waals surface area contributed by atoms with Crippen molar-refractivity contribution in [1.29, 1.82) is 0 Å². The van der Waals surface area contributed by atoms with Crippen LogP contribution >= 0.6 is 0 Å². The molecule has 0 saturated carbocycles. The zero-order valence-corrected chi connectivity index (χ0v) is 9.13. The van der Waals surface area contributed by atoms with Crippen LogP contribution in [0.5, 0.6) is 0 Å². The molecule has 0 spiro atoms. The molecule has 1 aromatic carbocycles. The third-order valence-electron chi connectivity index (χ3n) is 2.00. The van der Waals surface area contributed by atoms with Crippen LogP contribution in [0.2, 0.25) is 0 Å². The fraction of sp³-hybridized carbons (Fsp3) is 0.364. The molecular weight excluding hydrogens is 214 g/mol. The van der Waals surface area contributed by atoms with E-state index in [2.05, 4.69) is 5.32 Å². The molecule has 1 unspecified atom stereocenters. The highest BCUT2D eigenvalue weighted by Crippen LogP contribution is 2.16. The minimum absolute atomic E-state index is 0.0242. The number of nitrogens with one attached hydrogen (secondary N) is 1. The molecule has 0 saturated heterocycles. The van der Waals surface area contributed by atoms with Crippen LogP contribution in [-0.2, 0) is 4.79 Å². The maximum Gasteiger partial charge on any atom is 0.239 e. The van der Waals surface area contributed by atoms with E-state index in [1.165, 1.54) is 0 Å². The van der Waals surface area contributed by atoms with Gasteiger partial charge in [0.1, 0.15) is 17.7 Å². The third-order valence-corrected chi connectivity index (χ3v) is 2.00. The summed E-state index contributed by atoms with van der Waals surface area (Å²) in [4.78, 5) is 11.2. The van der Waals surface area contributed by atoms with Gasteiger partial charge in [-0.15, -0.1) is 0 Å². The Hall–Kier alpha value is -1.49. The number of amides is 1. The van der Waals surface area contributed by atoms with E-state index in [9.17, 15) is 13.6 Å². The van der Waals surface area contributed by atoms with Gasteiger partial charge in [-0.25, -0.2) is 8.78 Å². The van der Waals surface area contributed by atoms with Crippen LogP contribution in [-0.4, -0.2) is 11.9 Å². The number of halogens is 2. The van der Waals surface area contributed by atoms with Gasteiger partial charge in [-0.1, -0.05) is 0 Å². The number of hydrogen-bond acceptors (Lipinski definition) is 2. The van der Waals surface area contributed by atoms with Gasteiger partial charge in [0.25, 0.3) is 0 Å². The Morgan fingerprint density at radius 2 is 1.75 bits per heavy atom. The van der Waals surface area contributed by atoms with E-state index in [-0.39, 0.29) is 11.6 Å². The van der Waals surface area contributed by atoms with E-state index in [0.29, 0.717) is 0 Å². The van der Waals surface area contributed by atoms with Crippen molar-refractivity contribution in [3.8, 4) is 0 Å². The number of carbonyl (C=O) groups excluding carboxylic acids is 1. The van der Waals surface area contributed by atoms with Gasteiger partial charge in [0, 0.05) is 12.1 Å². The van der Waals surface area contributed by atoms with Crippen LogP contribution in [0.1, 0.15) is 25.5 Å².